The van der Waals surface area contributed by atoms with Gasteiger partial charge in [0.1, 0.15) is 5.69 Å². The molecule has 2 heterocycles. The second-order valence-electron chi connectivity index (χ2n) is 7.60. The highest BCUT2D eigenvalue weighted by atomic mass is 16.5. The number of amides is 1. The number of ether oxygens (including phenoxy) is 1. The predicted molar refractivity (Wildman–Crippen MR) is 113 cm³/mol. The van der Waals surface area contributed by atoms with Crippen LogP contribution < -0.4 is 10.9 Å². The third kappa shape index (κ3) is 4.71. The lowest BCUT2D eigenvalue weighted by Gasteiger charge is -2.37. The van der Waals surface area contributed by atoms with Crippen molar-refractivity contribution in [3.8, 4) is 5.69 Å². The molecule has 1 aromatic carbocycles. The summed E-state index contributed by atoms with van der Waals surface area (Å²) in [6.07, 6.45) is -2.45. The molecule has 168 valence electrons. The van der Waals surface area contributed by atoms with Crippen LogP contribution in [0.4, 0.5) is 5.69 Å². The van der Waals surface area contributed by atoms with Gasteiger partial charge in [-0.25, -0.2) is 4.68 Å². The Balaban J connectivity index is 1.74. The fraction of sp³-hybridized carbons (Fsp3) is 0.476. The lowest BCUT2D eigenvalue weighted by Crippen LogP contribution is -2.56. The van der Waals surface area contributed by atoms with E-state index in [1.165, 1.54) is 4.68 Å². The van der Waals surface area contributed by atoms with Crippen LogP contribution in [0.2, 0.25) is 0 Å². The van der Waals surface area contributed by atoms with Crippen molar-refractivity contribution < 1.29 is 24.5 Å². The van der Waals surface area contributed by atoms with Gasteiger partial charge in [0, 0.05) is 20.1 Å². The Labute approximate surface area is 179 Å². The van der Waals surface area contributed by atoms with Crippen LogP contribution in [-0.4, -0.2) is 74.8 Å². The molecule has 10 nitrogen and oxygen atoms in total. The maximum absolute atomic E-state index is 12.9. The first-order chi connectivity index (χ1) is 14.7. The van der Waals surface area contributed by atoms with Crippen molar-refractivity contribution in [2.45, 2.75) is 26.1 Å². The molecule has 31 heavy (non-hydrogen) atoms. The molecule has 3 N–H and O–H groups in total. The Morgan fingerprint density at radius 2 is 1.87 bits per heavy atom. The Bertz CT molecular complexity index is 999. The number of para-hydroxylation sites is 1. The van der Waals surface area contributed by atoms with Crippen molar-refractivity contribution in [2.24, 2.45) is 13.0 Å². The number of carbonyl (C=O) groups is 2. The number of aliphatic hydroxyl groups excluding tert-OH is 2. The average Bonchev–Trinajstić information content (AvgIpc) is 2.94. The number of piperidine rings is 1. The van der Waals surface area contributed by atoms with Gasteiger partial charge in [0.15, 0.2) is 0 Å². The number of β-amino-alcohol motifs (C(OH)–C–C–N with tert-alkyl or cyclic N) is 1. The van der Waals surface area contributed by atoms with Crippen molar-refractivity contribution >= 4 is 17.6 Å². The summed E-state index contributed by atoms with van der Waals surface area (Å²) in [6.45, 7) is 3.46. The van der Waals surface area contributed by atoms with E-state index < -0.39 is 30.0 Å². The molecule has 1 aromatic heterocycles. The summed E-state index contributed by atoms with van der Waals surface area (Å²) in [5.74, 6) is -2.04. The molecule has 1 fully saturated rings. The van der Waals surface area contributed by atoms with Crippen LogP contribution in [0.1, 0.15) is 12.6 Å². The molecule has 10 heteroatoms. The maximum atomic E-state index is 12.9. The van der Waals surface area contributed by atoms with E-state index in [1.54, 1.807) is 42.6 Å². The molecule has 1 saturated heterocycles. The number of hydrogen-bond acceptors (Lipinski definition) is 7. The molecule has 0 bridgehead atoms. The second-order valence-corrected chi connectivity index (χ2v) is 7.60. The number of rotatable bonds is 6. The zero-order chi connectivity index (χ0) is 22.7. The summed E-state index contributed by atoms with van der Waals surface area (Å²) in [7, 11) is 1.73. The van der Waals surface area contributed by atoms with Gasteiger partial charge in [0.2, 0.25) is 5.91 Å². The number of aliphatic hydroxyl groups is 2. The third-order valence-electron chi connectivity index (χ3n) is 5.48. The summed E-state index contributed by atoms with van der Waals surface area (Å²) in [4.78, 5) is 39.2. The fourth-order valence-corrected chi connectivity index (χ4v) is 3.79. The van der Waals surface area contributed by atoms with E-state index in [-0.39, 0.29) is 37.5 Å². The van der Waals surface area contributed by atoms with E-state index in [9.17, 15) is 24.6 Å². The fourth-order valence-electron chi connectivity index (χ4n) is 3.79. The van der Waals surface area contributed by atoms with Gasteiger partial charge in [0.25, 0.3) is 5.56 Å². The summed E-state index contributed by atoms with van der Waals surface area (Å²) in [5.41, 5.74) is 1.05. The first-order valence-corrected chi connectivity index (χ1v) is 10.1. The highest BCUT2D eigenvalue weighted by molar-refractivity contribution is 5.92. The van der Waals surface area contributed by atoms with E-state index in [1.807, 2.05) is 18.2 Å². The Morgan fingerprint density at radius 3 is 2.52 bits per heavy atom. The van der Waals surface area contributed by atoms with Gasteiger partial charge in [-0.2, -0.15) is 0 Å². The Morgan fingerprint density at radius 1 is 1.19 bits per heavy atom. The van der Waals surface area contributed by atoms with Crippen molar-refractivity contribution in [2.75, 3.05) is 31.6 Å². The number of benzene rings is 1. The molecule has 3 rings (SSSR count). The minimum atomic E-state index is -1.26. The molecular formula is C21H28N4O6. The molecule has 3 atom stereocenters. The van der Waals surface area contributed by atoms with Gasteiger partial charge in [0.05, 0.1) is 42.7 Å². The number of hydrogen-bond donors (Lipinski definition) is 3. The molecule has 0 radical (unpaired) electrons. The molecule has 1 amide bonds. The summed E-state index contributed by atoms with van der Waals surface area (Å²) in [6, 6.07) is 9.07. The largest absolute Gasteiger partial charge is 0.466 e. The number of carbonyl (C=O) groups excluding carboxylic acids is 2. The summed E-state index contributed by atoms with van der Waals surface area (Å²) >= 11 is 0. The molecule has 1 aliphatic heterocycles. The molecule has 0 saturated carbocycles. The number of anilines is 1. The van der Waals surface area contributed by atoms with E-state index in [0.717, 1.165) is 0 Å². The Hall–Kier alpha value is -2.95. The lowest BCUT2D eigenvalue weighted by molar-refractivity contribution is -0.162. The lowest BCUT2D eigenvalue weighted by atomic mass is 9.92. The average molecular weight is 432 g/mol. The normalized spacial score (nSPS) is 21.6. The topological polar surface area (TPSA) is 126 Å². The van der Waals surface area contributed by atoms with Gasteiger partial charge < -0.3 is 20.3 Å². The van der Waals surface area contributed by atoms with Crippen LogP contribution >= 0.6 is 0 Å². The first kappa shape index (κ1) is 22.7. The number of esters is 1. The maximum Gasteiger partial charge on any atom is 0.312 e. The van der Waals surface area contributed by atoms with Crippen LogP contribution in [0.25, 0.3) is 5.69 Å². The number of likely N-dealkylation sites (tertiary alicyclic amines) is 1. The molecule has 2 aromatic rings. The predicted octanol–water partition coefficient (Wildman–Crippen LogP) is -0.360. The quantitative estimate of drug-likeness (QED) is 0.532. The molecular weight excluding hydrogens is 404 g/mol. The van der Waals surface area contributed by atoms with Crippen molar-refractivity contribution in [1.29, 1.82) is 0 Å². The van der Waals surface area contributed by atoms with Crippen LogP contribution in [0.5, 0.6) is 0 Å². The van der Waals surface area contributed by atoms with Crippen LogP contribution in [0, 0.1) is 12.8 Å². The van der Waals surface area contributed by atoms with E-state index in [2.05, 4.69) is 5.32 Å². The monoisotopic (exact) mass is 432 g/mol. The van der Waals surface area contributed by atoms with Crippen molar-refractivity contribution in [3.05, 3.63) is 46.4 Å². The smallest absolute Gasteiger partial charge is 0.312 e. The highest BCUT2D eigenvalue weighted by Gasteiger charge is 2.40. The minimum Gasteiger partial charge on any atom is -0.466 e. The van der Waals surface area contributed by atoms with Gasteiger partial charge in [-0.3, -0.25) is 24.0 Å². The minimum absolute atomic E-state index is 0.0203. The molecule has 0 spiro atoms. The van der Waals surface area contributed by atoms with E-state index in [4.69, 9.17) is 4.74 Å². The molecule has 0 aliphatic carbocycles. The standard InChI is InChI=1S/C21H28N4O6/c1-4-31-21(30)15-10-24(11-16(26)19(15)28)12-17(27)22-18-13(2)23(3)25(20(18)29)14-8-6-5-7-9-14/h5-9,15-16,19,26,28H,4,10-12H2,1-3H3,(H,22,27). The Kier molecular flexibility index (Phi) is 6.94. The summed E-state index contributed by atoms with van der Waals surface area (Å²) < 4.78 is 8.07. The van der Waals surface area contributed by atoms with Gasteiger partial charge in [-0.15, -0.1) is 0 Å². The van der Waals surface area contributed by atoms with E-state index >= 15 is 0 Å². The zero-order valence-electron chi connectivity index (χ0n) is 17.8. The van der Waals surface area contributed by atoms with Crippen LogP contribution in [-0.2, 0) is 21.4 Å². The molecule has 3 unspecified atom stereocenters. The van der Waals surface area contributed by atoms with Crippen LogP contribution in [0.15, 0.2) is 35.1 Å². The van der Waals surface area contributed by atoms with Crippen LogP contribution in [0.3, 0.4) is 0 Å². The van der Waals surface area contributed by atoms with Crippen molar-refractivity contribution in [3.63, 3.8) is 0 Å². The number of aromatic nitrogens is 2. The van der Waals surface area contributed by atoms with Gasteiger partial charge >= 0.3 is 5.97 Å². The summed E-state index contributed by atoms with van der Waals surface area (Å²) in [5, 5.41) is 22.9. The van der Waals surface area contributed by atoms with Crippen molar-refractivity contribution in [1.82, 2.24) is 14.3 Å². The number of nitrogens with one attached hydrogen (secondary N) is 1. The zero-order valence-corrected chi connectivity index (χ0v) is 17.8. The highest BCUT2D eigenvalue weighted by Crippen LogP contribution is 2.20. The third-order valence-corrected chi connectivity index (χ3v) is 5.48. The van der Waals surface area contributed by atoms with Gasteiger partial charge in [-0.05, 0) is 26.0 Å². The first-order valence-electron chi connectivity index (χ1n) is 10.1. The van der Waals surface area contributed by atoms with Gasteiger partial charge in [-0.1, -0.05) is 18.2 Å². The SMILES string of the molecule is CCOC(=O)C1CN(CC(=O)Nc2c(C)n(C)n(-c3ccccc3)c2=O)CC(O)C1O. The molecule has 1 aliphatic rings. The second kappa shape index (κ2) is 9.46. The van der Waals surface area contributed by atoms with E-state index in [0.29, 0.717) is 11.4 Å². The number of nitrogens with zero attached hydrogens (tertiary/aromatic N) is 3.